The van der Waals surface area contributed by atoms with Crippen molar-refractivity contribution in [2.24, 2.45) is 0 Å². The van der Waals surface area contributed by atoms with E-state index in [2.05, 4.69) is 133 Å². The Morgan fingerprint density at radius 1 is 0.279 bits per heavy atom. The standard InChI is InChI=1S/C47H26N14/c1-3-11-33-29(9-1)30-10-2-4-12-34(30)47(33)35-25-27(41-56-37(43-48-17-5-18-49-43)39(58-60-41)45-52-21-7-22-53-45)13-15-31(35)32-16-14-28(26-36(32)47)42-57-38(44-50-19-6-20-51-44)40(59-61-42)46-54-23-8-24-55-46/h1-26H. The van der Waals surface area contributed by atoms with Crippen LogP contribution in [0.5, 0.6) is 0 Å². The summed E-state index contributed by atoms with van der Waals surface area (Å²) in [6.07, 6.45) is 13.3. The molecule has 0 bridgehead atoms. The van der Waals surface area contributed by atoms with Crippen LogP contribution in [0.15, 0.2) is 159 Å². The fourth-order valence-corrected chi connectivity index (χ4v) is 8.61. The van der Waals surface area contributed by atoms with Crippen LogP contribution in [-0.4, -0.2) is 70.2 Å². The monoisotopic (exact) mass is 786 g/mol. The van der Waals surface area contributed by atoms with E-state index in [1.54, 1.807) is 73.8 Å². The molecule has 14 nitrogen and oxygen atoms in total. The fourth-order valence-electron chi connectivity index (χ4n) is 8.61. The van der Waals surface area contributed by atoms with E-state index >= 15 is 0 Å². The molecule has 61 heavy (non-hydrogen) atoms. The zero-order valence-electron chi connectivity index (χ0n) is 31.8. The molecular weight excluding hydrogens is 761 g/mol. The Kier molecular flexibility index (Phi) is 7.68. The van der Waals surface area contributed by atoms with Crippen molar-refractivity contribution in [3.05, 3.63) is 181 Å². The van der Waals surface area contributed by atoms with Gasteiger partial charge in [0.15, 0.2) is 46.3 Å². The lowest BCUT2D eigenvalue weighted by Crippen LogP contribution is -2.26. The van der Waals surface area contributed by atoms with E-state index < -0.39 is 5.41 Å². The van der Waals surface area contributed by atoms with Gasteiger partial charge < -0.3 is 0 Å². The molecule has 2 aliphatic rings. The van der Waals surface area contributed by atoms with Gasteiger partial charge in [0.25, 0.3) is 0 Å². The van der Waals surface area contributed by atoms with Crippen LogP contribution < -0.4 is 0 Å². The Labute approximate surface area is 346 Å². The van der Waals surface area contributed by atoms with Gasteiger partial charge in [-0.3, -0.25) is 0 Å². The molecule has 10 aromatic rings. The molecule has 0 fully saturated rings. The molecule has 4 aromatic carbocycles. The summed E-state index contributed by atoms with van der Waals surface area (Å²) in [5.41, 5.74) is 11.4. The van der Waals surface area contributed by atoms with E-state index in [0.29, 0.717) is 57.7 Å². The largest absolute Gasteiger partial charge is 0.235 e. The molecule has 0 amide bonds. The topological polar surface area (TPSA) is 180 Å². The normalized spacial score (nSPS) is 12.7. The second-order valence-electron chi connectivity index (χ2n) is 14.3. The van der Waals surface area contributed by atoms with Gasteiger partial charge in [0.05, 0.1) is 5.41 Å². The molecule has 0 N–H and O–H groups in total. The Morgan fingerprint density at radius 3 is 1.02 bits per heavy atom. The molecule has 0 atom stereocenters. The van der Waals surface area contributed by atoms with Crippen LogP contribution in [0.25, 0.3) is 91.1 Å². The van der Waals surface area contributed by atoms with Gasteiger partial charge in [0.2, 0.25) is 0 Å². The number of nitrogens with zero attached hydrogens (tertiary/aromatic N) is 14. The van der Waals surface area contributed by atoms with Gasteiger partial charge in [-0.2, -0.15) is 0 Å². The van der Waals surface area contributed by atoms with Crippen LogP contribution in [0.1, 0.15) is 22.3 Å². The van der Waals surface area contributed by atoms with Crippen molar-refractivity contribution in [2.45, 2.75) is 5.41 Å². The highest BCUT2D eigenvalue weighted by molar-refractivity contribution is 5.96. The first kappa shape index (κ1) is 34.3. The molecule has 6 heterocycles. The molecule has 0 saturated heterocycles. The molecular formula is C47H26N14. The highest BCUT2D eigenvalue weighted by atomic mass is 15.2. The molecule has 0 radical (unpaired) electrons. The van der Waals surface area contributed by atoms with E-state index in [9.17, 15) is 0 Å². The highest BCUT2D eigenvalue weighted by Gasteiger charge is 2.52. The predicted octanol–water partition coefficient (Wildman–Crippen LogP) is 7.56. The number of aromatic nitrogens is 14. The fraction of sp³-hybridized carbons (Fsp3) is 0.0213. The third kappa shape index (κ3) is 5.29. The Bertz CT molecular complexity index is 3090. The predicted molar refractivity (Wildman–Crippen MR) is 224 cm³/mol. The zero-order chi connectivity index (χ0) is 40.3. The summed E-state index contributed by atoms with van der Waals surface area (Å²) in [4.78, 5) is 45.9. The minimum Gasteiger partial charge on any atom is -0.235 e. The number of rotatable bonds is 6. The molecule has 284 valence electrons. The Balaban J connectivity index is 1.07. The second kappa shape index (κ2) is 13.7. The highest BCUT2D eigenvalue weighted by Crippen LogP contribution is 2.63. The molecule has 6 aromatic heterocycles. The van der Waals surface area contributed by atoms with Crippen molar-refractivity contribution in [1.82, 2.24) is 70.2 Å². The number of fused-ring (bicyclic) bond motifs is 10. The third-order valence-electron chi connectivity index (χ3n) is 11.1. The molecule has 0 saturated carbocycles. The van der Waals surface area contributed by atoms with Crippen LogP contribution in [-0.2, 0) is 5.41 Å². The maximum atomic E-state index is 5.06. The zero-order valence-corrected chi connectivity index (χ0v) is 31.8. The summed E-state index contributed by atoms with van der Waals surface area (Å²) in [5.74, 6) is 2.35. The smallest absolute Gasteiger partial charge is 0.182 e. The molecule has 0 aliphatic heterocycles. The minimum atomic E-state index is -0.725. The molecule has 14 heteroatoms. The first-order chi connectivity index (χ1) is 30.3. The van der Waals surface area contributed by atoms with Crippen LogP contribution >= 0.6 is 0 Å². The van der Waals surface area contributed by atoms with E-state index in [1.165, 1.54) is 0 Å². The quantitative estimate of drug-likeness (QED) is 0.161. The van der Waals surface area contributed by atoms with Gasteiger partial charge in [-0.25, -0.2) is 49.8 Å². The van der Waals surface area contributed by atoms with Gasteiger partial charge in [-0.05, 0) is 80.9 Å². The molecule has 1 spiro atoms. The van der Waals surface area contributed by atoms with E-state index in [4.69, 9.17) is 9.97 Å². The van der Waals surface area contributed by atoms with Crippen molar-refractivity contribution in [3.63, 3.8) is 0 Å². The van der Waals surface area contributed by atoms with E-state index in [1.807, 2.05) is 12.1 Å². The lowest BCUT2D eigenvalue weighted by Gasteiger charge is -2.31. The lowest BCUT2D eigenvalue weighted by molar-refractivity contribution is 0.793. The SMILES string of the molecule is c1cnc(-c2nnc(-c3ccc4c(c3)C3(c5ccccc5-c5ccccc53)c3cc(-c5nnc(-c6ncccn6)c(-c6ncccn6)n5)ccc3-4)nc2-c2ncccn2)nc1. The summed E-state index contributed by atoms with van der Waals surface area (Å²) in [7, 11) is 0. The third-order valence-corrected chi connectivity index (χ3v) is 11.1. The van der Waals surface area contributed by atoms with E-state index in [-0.39, 0.29) is 0 Å². The Morgan fingerprint density at radius 2 is 0.623 bits per heavy atom. The van der Waals surface area contributed by atoms with Crippen LogP contribution in [0, 0.1) is 0 Å². The summed E-state index contributed by atoms with van der Waals surface area (Å²) in [6.45, 7) is 0. The van der Waals surface area contributed by atoms with Gasteiger partial charge in [-0.1, -0.05) is 72.8 Å². The van der Waals surface area contributed by atoms with Crippen LogP contribution in [0.2, 0.25) is 0 Å². The second-order valence-corrected chi connectivity index (χ2v) is 14.3. The van der Waals surface area contributed by atoms with Gasteiger partial charge >= 0.3 is 0 Å². The first-order valence-corrected chi connectivity index (χ1v) is 19.3. The van der Waals surface area contributed by atoms with Gasteiger partial charge in [-0.15, -0.1) is 20.4 Å². The van der Waals surface area contributed by atoms with Crippen molar-refractivity contribution in [1.29, 1.82) is 0 Å². The number of benzene rings is 4. The van der Waals surface area contributed by atoms with Crippen molar-refractivity contribution in [2.75, 3.05) is 0 Å². The van der Waals surface area contributed by atoms with Crippen molar-refractivity contribution < 1.29 is 0 Å². The summed E-state index contributed by atoms with van der Waals surface area (Å²) in [6, 6.07) is 37.0. The summed E-state index contributed by atoms with van der Waals surface area (Å²) >= 11 is 0. The van der Waals surface area contributed by atoms with Crippen molar-refractivity contribution in [3.8, 4) is 91.1 Å². The maximum absolute atomic E-state index is 5.06. The molecule has 2 aliphatic carbocycles. The summed E-state index contributed by atoms with van der Waals surface area (Å²) in [5, 5.41) is 18.6. The summed E-state index contributed by atoms with van der Waals surface area (Å²) < 4.78 is 0. The van der Waals surface area contributed by atoms with E-state index in [0.717, 1.165) is 55.6 Å². The van der Waals surface area contributed by atoms with Crippen LogP contribution in [0.4, 0.5) is 0 Å². The van der Waals surface area contributed by atoms with Crippen LogP contribution in [0.3, 0.4) is 0 Å². The average molecular weight is 787 g/mol. The average Bonchev–Trinajstić information content (AvgIpc) is 3.81. The lowest BCUT2D eigenvalue weighted by atomic mass is 9.70. The van der Waals surface area contributed by atoms with Crippen molar-refractivity contribution >= 4 is 0 Å². The maximum Gasteiger partial charge on any atom is 0.182 e. The molecule has 12 rings (SSSR count). The Hall–Kier alpha value is -8.78. The number of hydrogen-bond donors (Lipinski definition) is 0. The first-order valence-electron chi connectivity index (χ1n) is 19.3. The molecule has 0 unspecified atom stereocenters. The minimum absolute atomic E-state index is 0.375. The van der Waals surface area contributed by atoms with Gasteiger partial charge in [0, 0.05) is 60.7 Å². The van der Waals surface area contributed by atoms with Gasteiger partial charge in [0.1, 0.15) is 11.4 Å². The number of hydrogen-bond acceptors (Lipinski definition) is 14.